The summed E-state index contributed by atoms with van der Waals surface area (Å²) in [5.74, 6) is -0.208. The summed E-state index contributed by atoms with van der Waals surface area (Å²) in [6, 6.07) is 2.76. The van der Waals surface area contributed by atoms with E-state index >= 15 is 0 Å². The van der Waals surface area contributed by atoms with E-state index in [2.05, 4.69) is 0 Å². The molecule has 0 radical (unpaired) electrons. The zero-order valence-corrected chi connectivity index (χ0v) is 7.55. The maximum Gasteiger partial charge on any atom is 0.250 e. The summed E-state index contributed by atoms with van der Waals surface area (Å²) in [5, 5.41) is 0.310. The molecular formula is C8H8ClNO2. The van der Waals surface area contributed by atoms with Gasteiger partial charge in [-0.05, 0) is 6.07 Å². The van der Waals surface area contributed by atoms with Crippen molar-refractivity contribution in [1.82, 2.24) is 4.57 Å². The Balaban J connectivity index is 3.54. The van der Waals surface area contributed by atoms with Gasteiger partial charge in [-0.25, -0.2) is 0 Å². The van der Waals surface area contributed by atoms with E-state index in [1.165, 1.54) is 30.7 Å². The third kappa shape index (κ3) is 1.41. The number of rotatable bonds is 1. The van der Waals surface area contributed by atoms with Gasteiger partial charge < -0.3 is 4.57 Å². The van der Waals surface area contributed by atoms with Crippen LogP contribution in [0.5, 0.6) is 0 Å². The van der Waals surface area contributed by atoms with Crippen LogP contribution < -0.4 is 5.56 Å². The van der Waals surface area contributed by atoms with Crippen LogP contribution in [0, 0.1) is 0 Å². The molecule has 0 saturated carbocycles. The molecule has 0 spiro atoms. The normalized spacial score (nSPS) is 9.92. The molecule has 0 aliphatic rings. The second-order valence-electron chi connectivity index (χ2n) is 2.48. The second-order valence-corrected chi connectivity index (χ2v) is 2.89. The maximum atomic E-state index is 11.0. The van der Waals surface area contributed by atoms with Crippen molar-refractivity contribution < 1.29 is 4.79 Å². The fraction of sp³-hybridized carbons (Fsp3) is 0.250. The first-order chi connectivity index (χ1) is 5.54. The predicted octanol–water partition coefficient (Wildman–Crippen LogP) is 1.24. The highest BCUT2D eigenvalue weighted by atomic mass is 35.5. The molecule has 1 aromatic heterocycles. The molecule has 3 nitrogen and oxygen atoms in total. The number of halogens is 1. The van der Waals surface area contributed by atoms with E-state index in [1.807, 2.05) is 0 Å². The van der Waals surface area contributed by atoms with Gasteiger partial charge in [0, 0.05) is 20.0 Å². The van der Waals surface area contributed by atoms with E-state index in [0.29, 0.717) is 5.02 Å². The van der Waals surface area contributed by atoms with E-state index in [0.717, 1.165) is 0 Å². The van der Waals surface area contributed by atoms with Gasteiger partial charge in [0.1, 0.15) is 5.69 Å². The Kier molecular flexibility index (Phi) is 2.33. The third-order valence-electron chi connectivity index (χ3n) is 1.60. The summed E-state index contributed by atoms with van der Waals surface area (Å²) in [7, 11) is 1.52. The Bertz CT molecular complexity index is 381. The van der Waals surface area contributed by atoms with Crippen molar-refractivity contribution in [3.05, 3.63) is 33.2 Å². The van der Waals surface area contributed by atoms with Crippen LogP contribution in [0.3, 0.4) is 0 Å². The molecule has 0 atom stereocenters. The van der Waals surface area contributed by atoms with E-state index in [1.54, 1.807) is 0 Å². The van der Waals surface area contributed by atoms with Crippen LogP contribution in [-0.2, 0) is 7.05 Å². The van der Waals surface area contributed by atoms with Crippen LogP contribution in [0.4, 0.5) is 0 Å². The first kappa shape index (κ1) is 9.00. The van der Waals surface area contributed by atoms with Gasteiger partial charge in [0.2, 0.25) is 0 Å². The van der Waals surface area contributed by atoms with Gasteiger partial charge in [-0.2, -0.15) is 0 Å². The van der Waals surface area contributed by atoms with Crippen LogP contribution in [0.1, 0.15) is 17.4 Å². The van der Waals surface area contributed by atoms with E-state index in [-0.39, 0.29) is 17.0 Å². The molecule has 0 amide bonds. The van der Waals surface area contributed by atoms with Crippen molar-refractivity contribution >= 4 is 17.4 Å². The molecule has 1 rings (SSSR count). The quantitative estimate of drug-likeness (QED) is 0.618. The first-order valence-corrected chi connectivity index (χ1v) is 3.78. The molecular weight excluding hydrogens is 178 g/mol. The molecule has 0 aliphatic heterocycles. The van der Waals surface area contributed by atoms with Crippen molar-refractivity contribution in [2.45, 2.75) is 6.92 Å². The number of hydrogen-bond donors (Lipinski definition) is 0. The van der Waals surface area contributed by atoms with Crippen molar-refractivity contribution in [3.8, 4) is 0 Å². The average Bonchev–Trinajstić information content (AvgIpc) is 1.97. The van der Waals surface area contributed by atoms with Crippen molar-refractivity contribution in [1.29, 1.82) is 0 Å². The lowest BCUT2D eigenvalue weighted by molar-refractivity contribution is 0.100. The van der Waals surface area contributed by atoms with Crippen molar-refractivity contribution in [3.63, 3.8) is 0 Å². The fourth-order valence-corrected chi connectivity index (χ4v) is 1.33. The Labute approximate surface area is 74.6 Å². The highest BCUT2D eigenvalue weighted by Crippen LogP contribution is 2.12. The average molecular weight is 186 g/mol. The number of carbonyl (C=O) groups excluding carboxylic acids is 1. The zero-order chi connectivity index (χ0) is 9.30. The number of Topliss-reactive ketones (excluding diaryl/α,β-unsaturated/α-hetero) is 1. The predicted molar refractivity (Wildman–Crippen MR) is 46.7 cm³/mol. The molecule has 12 heavy (non-hydrogen) atoms. The van der Waals surface area contributed by atoms with Gasteiger partial charge in [0.25, 0.3) is 5.56 Å². The number of pyridine rings is 1. The fourth-order valence-electron chi connectivity index (χ4n) is 1.01. The van der Waals surface area contributed by atoms with Gasteiger partial charge in [-0.15, -0.1) is 0 Å². The number of nitrogens with zero attached hydrogens (tertiary/aromatic N) is 1. The lowest BCUT2D eigenvalue weighted by Gasteiger charge is -2.04. The molecule has 0 aromatic carbocycles. The van der Waals surface area contributed by atoms with Crippen LogP contribution >= 0.6 is 11.6 Å². The zero-order valence-electron chi connectivity index (χ0n) is 6.80. The molecule has 64 valence electrons. The van der Waals surface area contributed by atoms with Crippen molar-refractivity contribution in [2.24, 2.45) is 7.05 Å². The molecule has 0 unspecified atom stereocenters. The molecule has 1 heterocycles. The molecule has 0 saturated heterocycles. The van der Waals surface area contributed by atoms with Crippen LogP contribution in [0.25, 0.3) is 0 Å². The Hall–Kier alpha value is -1.09. The van der Waals surface area contributed by atoms with E-state index < -0.39 is 0 Å². The minimum atomic E-state index is -0.232. The molecule has 1 aromatic rings. The number of carbonyl (C=O) groups is 1. The van der Waals surface area contributed by atoms with Gasteiger partial charge in [-0.3, -0.25) is 9.59 Å². The Morgan fingerprint density at radius 1 is 1.50 bits per heavy atom. The third-order valence-corrected chi connectivity index (χ3v) is 1.90. The SMILES string of the molecule is CC(=O)c1c(Cl)ccc(=O)n1C. The molecule has 0 fully saturated rings. The smallest absolute Gasteiger partial charge is 0.250 e. The van der Waals surface area contributed by atoms with Crippen LogP contribution in [0.15, 0.2) is 16.9 Å². The molecule has 0 N–H and O–H groups in total. The van der Waals surface area contributed by atoms with Gasteiger partial charge >= 0.3 is 0 Å². The summed E-state index contributed by atoms with van der Waals surface area (Å²) in [5.41, 5.74) is 0.0220. The minimum Gasteiger partial charge on any atom is -0.307 e. The van der Waals surface area contributed by atoms with Gasteiger partial charge in [0.15, 0.2) is 5.78 Å². The number of aromatic nitrogens is 1. The lowest BCUT2D eigenvalue weighted by atomic mass is 10.2. The van der Waals surface area contributed by atoms with Crippen molar-refractivity contribution in [2.75, 3.05) is 0 Å². The topological polar surface area (TPSA) is 39.1 Å². The van der Waals surface area contributed by atoms with Crippen LogP contribution in [-0.4, -0.2) is 10.4 Å². The Morgan fingerprint density at radius 3 is 2.50 bits per heavy atom. The molecule has 0 aliphatic carbocycles. The van der Waals surface area contributed by atoms with E-state index in [9.17, 15) is 9.59 Å². The van der Waals surface area contributed by atoms with Gasteiger partial charge in [0.05, 0.1) is 5.02 Å². The summed E-state index contributed by atoms with van der Waals surface area (Å²) in [6.45, 7) is 1.38. The molecule has 0 bridgehead atoms. The summed E-state index contributed by atoms with van der Waals surface area (Å²) >= 11 is 5.72. The summed E-state index contributed by atoms with van der Waals surface area (Å²) in [6.07, 6.45) is 0. The monoisotopic (exact) mass is 185 g/mol. The minimum absolute atomic E-state index is 0.208. The number of ketones is 1. The highest BCUT2D eigenvalue weighted by molar-refractivity contribution is 6.33. The summed E-state index contributed by atoms with van der Waals surface area (Å²) in [4.78, 5) is 22.0. The Morgan fingerprint density at radius 2 is 2.08 bits per heavy atom. The largest absolute Gasteiger partial charge is 0.307 e. The molecule has 4 heteroatoms. The summed E-state index contributed by atoms with van der Waals surface area (Å²) < 4.78 is 1.24. The van der Waals surface area contributed by atoms with E-state index in [4.69, 9.17) is 11.6 Å². The highest BCUT2D eigenvalue weighted by Gasteiger charge is 2.09. The lowest BCUT2D eigenvalue weighted by Crippen LogP contribution is -2.21. The maximum absolute atomic E-state index is 11.0. The first-order valence-electron chi connectivity index (χ1n) is 3.40. The number of hydrogen-bond acceptors (Lipinski definition) is 2. The standard InChI is InChI=1S/C8H8ClNO2/c1-5(11)8-6(9)3-4-7(12)10(8)2/h3-4H,1-2H3. The van der Waals surface area contributed by atoms with Crippen LogP contribution in [0.2, 0.25) is 5.02 Å². The second kappa shape index (κ2) is 3.11. The van der Waals surface area contributed by atoms with Gasteiger partial charge in [-0.1, -0.05) is 11.6 Å².